The van der Waals surface area contributed by atoms with Crippen LogP contribution in [0.25, 0.3) is 0 Å². The predicted molar refractivity (Wildman–Crippen MR) is 115 cm³/mol. The van der Waals surface area contributed by atoms with Crippen LogP contribution in [0.2, 0.25) is 5.02 Å². The van der Waals surface area contributed by atoms with E-state index in [1.807, 2.05) is 24.1 Å². The van der Waals surface area contributed by atoms with Crippen LogP contribution in [0.15, 0.2) is 29.3 Å². The predicted octanol–water partition coefficient (Wildman–Crippen LogP) is 2.09. The molecular formula is C21H32ClN5O. The number of guanidine groups is 1. The third kappa shape index (κ3) is 5.39. The molecule has 7 heteroatoms. The molecule has 6 nitrogen and oxygen atoms in total. The molecule has 0 spiro atoms. The minimum Gasteiger partial charge on any atom is -0.356 e. The van der Waals surface area contributed by atoms with Crippen LogP contribution in [-0.4, -0.2) is 85.5 Å². The largest absolute Gasteiger partial charge is 0.356 e. The maximum Gasteiger partial charge on any atom is 0.239 e. The summed E-state index contributed by atoms with van der Waals surface area (Å²) in [7, 11) is 1.83. The Labute approximate surface area is 173 Å². The van der Waals surface area contributed by atoms with E-state index < -0.39 is 0 Å². The first-order valence-electron chi connectivity index (χ1n) is 10.3. The first-order valence-corrected chi connectivity index (χ1v) is 10.7. The fourth-order valence-electron chi connectivity index (χ4n) is 3.98. The number of rotatable bonds is 5. The maximum absolute atomic E-state index is 12.6. The summed E-state index contributed by atoms with van der Waals surface area (Å²) in [5.41, 5.74) is 1.26. The van der Waals surface area contributed by atoms with Crippen molar-refractivity contribution in [1.29, 1.82) is 0 Å². The van der Waals surface area contributed by atoms with Crippen LogP contribution in [0, 0.1) is 0 Å². The van der Waals surface area contributed by atoms with Gasteiger partial charge in [-0.3, -0.25) is 14.7 Å². The van der Waals surface area contributed by atoms with Crippen molar-refractivity contribution in [2.24, 2.45) is 4.99 Å². The maximum atomic E-state index is 12.6. The Bertz CT molecular complexity index is 664. The summed E-state index contributed by atoms with van der Waals surface area (Å²) in [4.78, 5) is 23.7. The van der Waals surface area contributed by atoms with Gasteiger partial charge in [0, 0.05) is 57.9 Å². The standard InChI is InChI=1S/C21H32ClN5O/c1-17(20(28)26-11-3-4-12-26)25-13-15-27(16-14-25)21(23-2)24-10-9-18-5-7-19(22)8-6-18/h5-8,17H,3-4,9-16H2,1-2H3,(H,23,24). The topological polar surface area (TPSA) is 51.2 Å². The van der Waals surface area contributed by atoms with Crippen molar-refractivity contribution < 1.29 is 4.79 Å². The molecule has 1 N–H and O–H groups in total. The van der Waals surface area contributed by atoms with Crippen LogP contribution in [-0.2, 0) is 11.2 Å². The van der Waals surface area contributed by atoms with Gasteiger partial charge in [0.2, 0.25) is 5.91 Å². The molecule has 2 aliphatic heterocycles. The van der Waals surface area contributed by atoms with Crippen molar-refractivity contribution in [3.8, 4) is 0 Å². The number of nitrogens with one attached hydrogen (secondary N) is 1. The zero-order valence-electron chi connectivity index (χ0n) is 17.0. The van der Waals surface area contributed by atoms with Crippen LogP contribution < -0.4 is 5.32 Å². The highest BCUT2D eigenvalue weighted by atomic mass is 35.5. The summed E-state index contributed by atoms with van der Waals surface area (Å²) in [6, 6.07) is 7.94. The number of nitrogens with zero attached hydrogens (tertiary/aromatic N) is 4. The number of hydrogen-bond donors (Lipinski definition) is 1. The molecule has 1 amide bonds. The molecule has 28 heavy (non-hydrogen) atoms. The van der Waals surface area contributed by atoms with Crippen molar-refractivity contribution in [3.63, 3.8) is 0 Å². The van der Waals surface area contributed by atoms with Gasteiger partial charge in [-0.05, 0) is 43.9 Å². The van der Waals surface area contributed by atoms with Crippen LogP contribution >= 0.6 is 11.6 Å². The van der Waals surface area contributed by atoms with Gasteiger partial charge in [-0.2, -0.15) is 0 Å². The Morgan fingerprint density at radius 3 is 2.32 bits per heavy atom. The zero-order valence-corrected chi connectivity index (χ0v) is 17.8. The van der Waals surface area contributed by atoms with Gasteiger partial charge in [0.15, 0.2) is 5.96 Å². The average molecular weight is 406 g/mol. The number of hydrogen-bond acceptors (Lipinski definition) is 3. The van der Waals surface area contributed by atoms with Gasteiger partial charge in [0.1, 0.15) is 0 Å². The lowest BCUT2D eigenvalue weighted by Gasteiger charge is -2.39. The van der Waals surface area contributed by atoms with Crippen LogP contribution in [0.1, 0.15) is 25.3 Å². The van der Waals surface area contributed by atoms with E-state index in [-0.39, 0.29) is 11.9 Å². The highest BCUT2D eigenvalue weighted by Gasteiger charge is 2.30. The summed E-state index contributed by atoms with van der Waals surface area (Å²) in [6.45, 7) is 8.28. The van der Waals surface area contributed by atoms with E-state index in [0.717, 1.165) is 76.1 Å². The van der Waals surface area contributed by atoms with Gasteiger partial charge in [-0.15, -0.1) is 0 Å². The summed E-state index contributed by atoms with van der Waals surface area (Å²) in [5, 5.41) is 4.23. The Morgan fingerprint density at radius 1 is 1.07 bits per heavy atom. The number of amides is 1. The molecule has 0 saturated carbocycles. The second-order valence-corrected chi connectivity index (χ2v) is 8.02. The van der Waals surface area contributed by atoms with E-state index in [1.165, 1.54) is 5.56 Å². The van der Waals surface area contributed by atoms with Gasteiger partial charge in [-0.1, -0.05) is 23.7 Å². The fraction of sp³-hybridized carbons (Fsp3) is 0.619. The lowest BCUT2D eigenvalue weighted by atomic mass is 10.1. The third-order valence-electron chi connectivity index (χ3n) is 5.76. The summed E-state index contributed by atoms with van der Waals surface area (Å²) in [6.07, 6.45) is 3.21. The Hall–Kier alpha value is -1.79. The normalized spacial score (nSPS) is 19.8. The van der Waals surface area contributed by atoms with E-state index in [0.29, 0.717) is 0 Å². The van der Waals surface area contributed by atoms with Crippen molar-refractivity contribution in [1.82, 2.24) is 20.0 Å². The monoisotopic (exact) mass is 405 g/mol. The van der Waals surface area contributed by atoms with Crippen LogP contribution in [0.5, 0.6) is 0 Å². The van der Waals surface area contributed by atoms with E-state index >= 15 is 0 Å². The van der Waals surface area contributed by atoms with E-state index in [2.05, 4.69) is 39.2 Å². The minimum absolute atomic E-state index is 0.0277. The van der Waals surface area contributed by atoms with Gasteiger partial charge < -0.3 is 15.1 Å². The third-order valence-corrected chi connectivity index (χ3v) is 6.01. The molecule has 0 aliphatic carbocycles. The molecule has 0 aromatic heterocycles. The molecule has 2 aliphatic rings. The number of carbonyl (C=O) groups is 1. The van der Waals surface area contributed by atoms with Crippen LogP contribution in [0.3, 0.4) is 0 Å². The molecule has 2 heterocycles. The quantitative estimate of drug-likeness (QED) is 0.602. The number of halogens is 1. The number of carbonyl (C=O) groups excluding carboxylic acids is 1. The van der Waals surface area contributed by atoms with Gasteiger partial charge in [0.05, 0.1) is 6.04 Å². The lowest BCUT2D eigenvalue weighted by molar-refractivity contribution is -0.135. The minimum atomic E-state index is -0.0277. The van der Waals surface area contributed by atoms with Crippen LogP contribution in [0.4, 0.5) is 0 Å². The smallest absolute Gasteiger partial charge is 0.239 e. The van der Waals surface area contributed by atoms with Crippen molar-refractivity contribution in [2.75, 3.05) is 52.9 Å². The highest BCUT2D eigenvalue weighted by Crippen LogP contribution is 2.14. The molecule has 154 valence electrons. The Balaban J connectivity index is 1.43. The summed E-state index contributed by atoms with van der Waals surface area (Å²) < 4.78 is 0. The number of benzene rings is 1. The fourth-order valence-corrected chi connectivity index (χ4v) is 4.11. The molecular weight excluding hydrogens is 374 g/mol. The molecule has 1 atom stereocenters. The number of likely N-dealkylation sites (tertiary alicyclic amines) is 1. The molecule has 0 bridgehead atoms. The SMILES string of the molecule is CN=C(NCCc1ccc(Cl)cc1)N1CCN(C(C)C(=O)N2CCCC2)CC1. The zero-order chi connectivity index (χ0) is 19.9. The first-order chi connectivity index (χ1) is 13.6. The van der Waals surface area contributed by atoms with E-state index in [9.17, 15) is 4.79 Å². The highest BCUT2D eigenvalue weighted by molar-refractivity contribution is 6.30. The van der Waals surface area contributed by atoms with E-state index in [4.69, 9.17) is 11.6 Å². The van der Waals surface area contributed by atoms with Crippen molar-refractivity contribution in [2.45, 2.75) is 32.2 Å². The number of aliphatic imine (C=N–C) groups is 1. The second-order valence-electron chi connectivity index (χ2n) is 7.58. The van der Waals surface area contributed by atoms with Gasteiger partial charge >= 0.3 is 0 Å². The molecule has 2 saturated heterocycles. The molecule has 2 fully saturated rings. The molecule has 1 aromatic rings. The summed E-state index contributed by atoms with van der Waals surface area (Å²) >= 11 is 5.94. The second kappa shape index (κ2) is 10.1. The van der Waals surface area contributed by atoms with Crippen molar-refractivity contribution >= 4 is 23.5 Å². The summed E-state index contributed by atoms with van der Waals surface area (Å²) in [5.74, 6) is 1.23. The Morgan fingerprint density at radius 2 is 1.71 bits per heavy atom. The molecule has 3 rings (SSSR count). The number of piperazine rings is 1. The van der Waals surface area contributed by atoms with Gasteiger partial charge in [0.25, 0.3) is 0 Å². The Kier molecular flexibility index (Phi) is 7.57. The lowest BCUT2D eigenvalue weighted by Crippen LogP contribution is -2.57. The molecule has 1 unspecified atom stereocenters. The van der Waals surface area contributed by atoms with Crippen molar-refractivity contribution in [3.05, 3.63) is 34.9 Å². The molecule has 1 aromatic carbocycles. The average Bonchev–Trinajstić information content (AvgIpc) is 3.26. The molecule has 0 radical (unpaired) electrons. The van der Waals surface area contributed by atoms with Gasteiger partial charge in [-0.25, -0.2) is 0 Å². The first kappa shape index (κ1) is 20.9. The van der Waals surface area contributed by atoms with E-state index in [1.54, 1.807) is 0 Å².